The monoisotopic (exact) mass is 389 g/mol. The van der Waals surface area contributed by atoms with Crippen molar-refractivity contribution in [2.24, 2.45) is 0 Å². The van der Waals surface area contributed by atoms with Crippen molar-refractivity contribution in [3.8, 4) is 0 Å². The summed E-state index contributed by atoms with van der Waals surface area (Å²) >= 11 is 0. The van der Waals surface area contributed by atoms with Crippen molar-refractivity contribution in [1.29, 1.82) is 0 Å². The maximum atomic E-state index is 12.9. The van der Waals surface area contributed by atoms with E-state index in [0.717, 1.165) is 61.5 Å². The topological polar surface area (TPSA) is 72.1 Å². The Hall–Kier alpha value is -2.78. The molecule has 0 amide bonds. The highest BCUT2D eigenvalue weighted by molar-refractivity contribution is 5.43. The molecule has 146 valence electrons. The van der Waals surface area contributed by atoms with Crippen molar-refractivity contribution in [2.45, 2.75) is 44.2 Å². The standard InChI is InChI=1S/C18H18F3N7/c19-18(20,21)14-4-7-22-17(23-14)27-8-5-11(6-9-27)16-25-24-15-10-12-2-1-3-13(12)26-28(15)16/h4,7,10-11H,1-3,5-6,8-9H2. The molecule has 3 aromatic rings. The van der Waals surface area contributed by atoms with Gasteiger partial charge in [-0.2, -0.15) is 22.8 Å². The van der Waals surface area contributed by atoms with Gasteiger partial charge in [0.2, 0.25) is 5.95 Å². The molecular formula is C18H18F3N7. The molecule has 1 aliphatic carbocycles. The van der Waals surface area contributed by atoms with Gasteiger partial charge in [0.15, 0.2) is 11.5 Å². The highest BCUT2D eigenvalue weighted by atomic mass is 19.4. The van der Waals surface area contributed by atoms with Crippen LogP contribution in [0.2, 0.25) is 0 Å². The van der Waals surface area contributed by atoms with E-state index in [1.54, 1.807) is 4.90 Å². The third kappa shape index (κ3) is 2.96. The molecule has 0 N–H and O–H groups in total. The Labute approximate surface area is 158 Å². The first kappa shape index (κ1) is 17.3. The summed E-state index contributed by atoms with van der Waals surface area (Å²) in [5, 5.41) is 13.4. The quantitative estimate of drug-likeness (QED) is 0.671. The Kier molecular flexibility index (Phi) is 3.95. The zero-order valence-electron chi connectivity index (χ0n) is 15.0. The van der Waals surface area contributed by atoms with E-state index < -0.39 is 11.9 Å². The third-order valence-corrected chi connectivity index (χ3v) is 5.52. The highest BCUT2D eigenvalue weighted by Crippen LogP contribution is 2.31. The van der Waals surface area contributed by atoms with Gasteiger partial charge in [0, 0.05) is 25.2 Å². The molecule has 1 aliphatic heterocycles. The summed E-state index contributed by atoms with van der Waals surface area (Å²) in [7, 11) is 0. The van der Waals surface area contributed by atoms with Gasteiger partial charge in [-0.3, -0.25) is 0 Å². The van der Waals surface area contributed by atoms with Gasteiger partial charge in [0.05, 0.1) is 5.69 Å². The number of piperidine rings is 1. The number of nitrogens with zero attached hydrogens (tertiary/aromatic N) is 7. The molecule has 0 unspecified atom stereocenters. The van der Waals surface area contributed by atoms with E-state index in [1.807, 2.05) is 4.52 Å². The Bertz CT molecular complexity index is 1020. The lowest BCUT2D eigenvalue weighted by Crippen LogP contribution is -2.35. The van der Waals surface area contributed by atoms with Crippen LogP contribution in [0, 0.1) is 0 Å². The molecule has 0 bridgehead atoms. The Morgan fingerprint density at radius 1 is 1.07 bits per heavy atom. The first-order valence-corrected chi connectivity index (χ1v) is 9.38. The number of aromatic nitrogens is 6. The molecule has 1 fully saturated rings. The van der Waals surface area contributed by atoms with Crippen LogP contribution in [-0.4, -0.2) is 42.9 Å². The van der Waals surface area contributed by atoms with Crippen molar-refractivity contribution in [1.82, 2.24) is 29.8 Å². The Balaban J connectivity index is 1.35. The van der Waals surface area contributed by atoms with Crippen molar-refractivity contribution < 1.29 is 13.2 Å². The summed E-state index contributed by atoms with van der Waals surface area (Å²) in [6, 6.07) is 2.96. The van der Waals surface area contributed by atoms with E-state index in [1.165, 1.54) is 5.56 Å². The van der Waals surface area contributed by atoms with Crippen LogP contribution >= 0.6 is 0 Å². The summed E-state index contributed by atoms with van der Waals surface area (Å²) in [5.41, 5.74) is 2.21. The highest BCUT2D eigenvalue weighted by Gasteiger charge is 2.34. The number of anilines is 1. The van der Waals surface area contributed by atoms with Gasteiger partial charge in [-0.1, -0.05) is 0 Å². The van der Waals surface area contributed by atoms with Gasteiger partial charge < -0.3 is 4.90 Å². The number of rotatable bonds is 2. The van der Waals surface area contributed by atoms with Crippen LogP contribution in [0.4, 0.5) is 19.1 Å². The molecule has 5 rings (SSSR count). The maximum absolute atomic E-state index is 12.9. The summed E-state index contributed by atoms with van der Waals surface area (Å²) in [5.74, 6) is 1.11. The molecule has 0 saturated carbocycles. The third-order valence-electron chi connectivity index (χ3n) is 5.52. The number of hydrogen-bond donors (Lipinski definition) is 0. The predicted octanol–water partition coefficient (Wildman–Crippen LogP) is 2.81. The first-order chi connectivity index (χ1) is 13.5. The van der Waals surface area contributed by atoms with Gasteiger partial charge >= 0.3 is 6.18 Å². The zero-order chi connectivity index (χ0) is 19.3. The van der Waals surface area contributed by atoms with Crippen LogP contribution in [0.5, 0.6) is 0 Å². The molecule has 1 saturated heterocycles. The first-order valence-electron chi connectivity index (χ1n) is 9.38. The lowest BCUT2D eigenvalue weighted by Gasteiger charge is -2.31. The van der Waals surface area contributed by atoms with Gasteiger partial charge in [-0.15, -0.1) is 10.2 Å². The van der Waals surface area contributed by atoms with Crippen molar-refractivity contribution in [3.63, 3.8) is 0 Å². The number of fused-ring (bicyclic) bond motifs is 2. The minimum Gasteiger partial charge on any atom is -0.341 e. The molecule has 10 heteroatoms. The lowest BCUT2D eigenvalue weighted by atomic mass is 9.96. The van der Waals surface area contributed by atoms with E-state index in [2.05, 4.69) is 26.2 Å². The Morgan fingerprint density at radius 2 is 1.89 bits per heavy atom. The fraction of sp³-hybridized carbons (Fsp3) is 0.500. The summed E-state index contributed by atoms with van der Waals surface area (Å²) in [6.07, 6.45) is 1.30. The molecule has 0 atom stereocenters. The van der Waals surface area contributed by atoms with E-state index in [-0.39, 0.29) is 11.9 Å². The number of aryl methyl sites for hydroxylation is 2. The molecule has 4 heterocycles. The largest absolute Gasteiger partial charge is 0.433 e. The normalized spacial score (nSPS) is 18.0. The minimum absolute atomic E-state index is 0.121. The average Bonchev–Trinajstić information content (AvgIpc) is 3.32. The SMILES string of the molecule is FC(F)(F)c1ccnc(N2CCC(c3nnc4cc5c(nn34)CCC5)CC2)n1. The van der Waals surface area contributed by atoms with Crippen LogP contribution < -0.4 is 4.90 Å². The number of halogens is 3. The second-order valence-electron chi connectivity index (χ2n) is 7.30. The summed E-state index contributed by atoms with van der Waals surface area (Å²) < 4.78 is 40.5. The van der Waals surface area contributed by atoms with Crippen molar-refractivity contribution >= 4 is 11.6 Å². The smallest absolute Gasteiger partial charge is 0.341 e. The van der Waals surface area contributed by atoms with E-state index in [9.17, 15) is 13.2 Å². The molecule has 3 aromatic heterocycles. The molecule has 28 heavy (non-hydrogen) atoms. The number of hydrogen-bond acceptors (Lipinski definition) is 6. The summed E-state index contributed by atoms with van der Waals surface area (Å²) in [4.78, 5) is 9.50. The molecule has 0 spiro atoms. The second kappa shape index (κ2) is 6.39. The molecule has 0 aromatic carbocycles. The van der Waals surface area contributed by atoms with Crippen LogP contribution in [0.15, 0.2) is 18.3 Å². The van der Waals surface area contributed by atoms with Gasteiger partial charge in [-0.25, -0.2) is 9.97 Å². The molecule has 2 aliphatic rings. The Morgan fingerprint density at radius 3 is 2.68 bits per heavy atom. The van der Waals surface area contributed by atoms with Crippen LogP contribution in [-0.2, 0) is 19.0 Å². The van der Waals surface area contributed by atoms with E-state index in [4.69, 9.17) is 5.10 Å². The average molecular weight is 389 g/mol. The predicted molar refractivity (Wildman–Crippen MR) is 94.0 cm³/mol. The summed E-state index contributed by atoms with van der Waals surface area (Å²) in [6.45, 7) is 1.12. The molecule has 0 radical (unpaired) electrons. The maximum Gasteiger partial charge on any atom is 0.433 e. The minimum atomic E-state index is -4.47. The van der Waals surface area contributed by atoms with Crippen LogP contribution in [0.1, 0.15) is 48.0 Å². The molecular weight excluding hydrogens is 371 g/mol. The lowest BCUT2D eigenvalue weighted by molar-refractivity contribution is -0.141. The van der Waals surface area contributed by atoms with Gasteiger partial charge in [0.1, 0.15) is 5.69 Å². The zero-order valence-corrected chi connectivity index (χ0v) is 15.0. The van der Waals surface area contributed by atoms with Crippen LogP contribution in [0.3, 0.4) is 0 Å². The molecule has 7 nitrogen and oxygen atoms in total. The van der Waals surface area contributed by atoms with Gasteiger partial charge in [-0.05, 0) is 49.8 Å². The van der Waals surface area contributed by atoms with Gasteiger partial charge in [0.25, 0.3) is 0 Å². The fourth-order valence-corrected chi connectivity index (χ4v) is 4.05. The second-order valence-corrected chi connectivity index (χ2v) is 7.30. The van der Waals surface area contributed by atoms with Crippen molar-refractivity contribution in [2.75, 3.05) is 18.0 Å². The van der Waals surface area contributed by atoms with E-state index >= 15 is 0 Å². The fourth-order valence-electron chi connectivity index (χ4n) is 4.05. The van der Waals surface area contributed by atoms with Crippen molar-refractivity contribution in [3.05, 3.63) is 41.1 Å². The van der Waals surface area contributed by atoms with E-state index in [0.29, 0.717) is 13.1 Å². The number of alkyl halides is 3. The van der Waals surface area contributed by atoms with Crippen LogP contribution in [0.25, 0.3) is 5.65 Å².